The van der Waals surface area contributed by atoms with Gasteiger partial charge in [0.25, 0.3) is 0 Å². The smallest absolute Gasteiger partial charge is 0.226 e. The summed E-state index contributed by atoms with van der Waals surface area (Å²) in [6.45, 7) is 0.518. The summed E-state index contributed by atoms with van der Waals surface area (Å²) in [6.07, 6.45) is 8.45. The number of hydrogen-bond acceptors (Lipinski definition) is 4. The summed E-state index contributed by atoms with van der Waals surface area (Å²) in [5.74, 6) is 0.773. The van der Waals surface area contributed by atoms with Gasteiger partial charge in [-0.3, -0.25) is 9.48 Å². The van der Waals surface area contributed by atoms with Gasteiger partial charge in [-0.05, 0) is 37.8 Å². The zero-order valence-corrected chi connectivity index (χ0v) is 12.4. The van der Waals surface area contributed by atoms with E-state index >= 15 is 0 Å². The van der Waals surface area contributed by atoms with E-state index < -0.39 is 0 Å². The van der Waals surface area contributed by atoms with Crippen molar-refractivity contribution in [2.75, 3.05) is 5.32 Å². The molecule has 1 fully saturated rings. The number of hydrogen-bond donors (Lipinski definition) is 1. The molecule has 1 aliphatic carbocycles. The van der Waals surface area contributed by atoms with Crippen molar-refractivity contribution in [2.24, 2.45) is 0 Å². The number of nitrogens with one attached hydrogen (secondary N) is 1. The predicted octanol–water partition coefficient (Wildman–Crippen LogP) is 2.63. The summed E-state index contributed by atoms with van der Waals surface area (Å²) in [5.41, 5.74) is 0.763. The monoisotopic (exact) mass is 300 g/mol. The van der Waals surface area contributed by atoms with Crippen molar-refractivity contribution < 1.29 is 9.53 Å². The van der Waals surface area contributed by atoms with E-state index in [0.29, 0.717) is 19.1 Å². The van der Waals surface area contributed by atoms with Gasteiger partial charge in [-0.1, -0.05) is 6.07 Å². The van der Waals surface area contributed by atoms with Crippen LogP contribution in [0.2, 0.25) is 0 Å². The zero-order chi connectivity index (χ0) is 15.2. The third kappa shape index (κ3) is 4.07. The van der Waals surface area contributed by atoms with Gasteiger partial charge in [0.2, 0.25) is 5.91 Å². The van der Waals surface area contributed by atoms with E-state index in [0.717, 1.165) is 24.3 Å². The van der Waals surface area contributed by atoms with Crippen LogP contribution in [0.5, 0.6) is 5.75 Å². The molecule has 0 aliphatic heterocycles. The zero-order valence-electron chi connectivity index (χ0n) is 12.4. The molecule has 0 spiro atoms. The summed E-state index contributed by atoms with van der Waals surface area (Å²) >= 11 is 0. The van der Waals surface area contributed by atoms with Gasteiger partial charge >= 0.3 is 0 Å². The van der Waals surface area contributed by atoms with E-state index in [1.807, 2.05) is 24.3 Å². The third-order valence-electron chi connectivity index (χ3n) is 3.76. The number of anilines is 1. The van der Waals surface area contributed by atoms with Crippen molar-refractivity contribution in [2.45, 2.75) is 44.8 Å². The minimum Gasteiger partial charge on any atom is -0.490 e. The number of amides is 1. The van der Waals surface area contributed by atoms with Gasteiger partial charge in [-0.2, -0.15) is 5.10 Å². The molecular formula is C16H20N4O2. The van der Waals surface area contributed by atoms with Crippen molar-refractivity contribution in [3.63, 3.8) is 0 Å². The minimum absolute atomic E-state index is 0.0477. The van der Waals surface area contributed by atoms with Gasteiger partial charge in [-0.25, -0.2) is 4.98 Å². The van der Waals surface area contributed by atoms with Gasteiger partial charge in [0, 0.05) is 18.2 Å². The molecule has 3 rings (SSSR count). The van der Waals surface area contributed by atoms with E-state index in [2.05, 4.69) is 15.4 Å². The first-order valence-electron chi connectivity index (χ1n) is 7.68. The van der Waals surface area contributed by atoms with Crippen LogP contribution in [-0.4, -0.2) is 26.8 Å². The second kappa shape index (κ2) is 7.06. The predicted molar refractivity (Wildman–Crippen MR) is 82.6 cm³/mol. The van der Waals surface area contributed by atoms with Crippen molar-refractivity contribution in [3.05, 3.63) is 36.9 Å². The van der Waals surface area contributed by atoms with Crippen LogP contribution in [0, 0.1) is 0 Å². The Balaban J connectivity index is 1.51. The van der Waals surface area contributed by atoms with Crippen LogP contribution in [0.3, 0.4) is 0 Å². The average molecular weight is 300 g/mol. The summed E-state index contributed by atoms with van der Waals surface area (Å²) in [6, 6.07) is 7.58. The van der Waals surface area contributed by atoms with E-state index in [4.69, 9.17) is 4.74 Å². The molecule has 1 N–H and O–H groups in total. The van der Waals surface area contributed by atoms with Crippen LogP contribution < -0.4 is 10.1 Å². The number of carbonyl (C=O) groups excluding carboxylic acids is 1. The highest BCUT2D eigenvalue weighted by atomic mass is 16.5. The first kappa shape index (κ1) is 14.6. The molecule has 116 valence electrons. The maximum atomic E-state index is 12.0. The lowest BCUT2D eigenvalue weighted by molar-refractivity contribution is -0.116. The second-order valence-electron chi connectivity index (χ2n) is 5.51. The Labute approximate surface area is 129 Å². The Bertz CT molecular complexity index is 606. The van der Waals surface area contributed by atoms with E-state index in [1.54, 1.807) is 11.0 Å². The molecule has 6 heteroatoms. The van der Waals surface area contributed by atoms with Crippen LogP contribution >= 0.6 is 0 Å². The number of carbonyl (C=O) groups is 1. The highest BCUT2D eigenvalue weighted by molar-refractivity contribution is 5.90. The molecule has 1 aromatic carbocycles. The van der Waals surface area contributed by atoms with Crippen LogP contribution in [0.4, 0.5) is 5.69 Å². The molecule has 22 heavy (non-hydrogen) atoms. The van der Waals surface area contributed by atoms with E-state index in [9.17, 15) is 4.79 Å². The highest BCUT2D eigenvalue weighted by Gasteiger charge is 2.16. The van der Waals surface area contributed by atoms with Gasteiger partial charge < -0.3 is 10.1 Å². The standard InChI is InChI=1S/C16H20N4O2/c21-16(8-9-20-12-17-11-18-20)19-13-4-3-7-15(10-13)22-14-5-1-2-6-14/h3-4,7,10-12,14H,1-2,5-6,8-9H2,(H,19,21). The molecular weight excluding hydrogens is 280 g/mol. The fraction of sp³-hybridized carbons (Fsp3) is 0.438. The summed E-state index contributed by atoms with van der Waals surface area (Å²) in [7, 11) is 0. The van der Waals surface area contributed by atoms with Crippen molar-refractivity contribution >= 4 is 11.6 Å². The van der Waals surface area contributed by atoms with E-state index in [1.165, 1.54) is 19.2 Å². The van der Waals surface area contributed by atoms with Crippen molar-refractivity contribution in [1.29, 1.82) is 0 Å². The molecule has 0 bridgehead atoms. The second-order valence-corrected chi connectivity index (χ2v) is 5.51. The first-order chi connectivity index (χ1) is 10.8. The Hall–Kier alpha value is -2.37. The fourth-order valence-electron chi connectivity index (χ4n) is 2.63. The van der Waals surface area contributed by atoms with Crippen molar-refractivity contribution in [1.82, 2.24) is 14.8 Å². The lowest BCUT2D eigenvalue weighted by Crippen LogP contribution is -2.15. The molecule has 1 amide bonds. The normalized spacial score (nSPS) is 14.9. The molecule has 1 aromatic heterocycles. The number of aromatic nitrogens is 3. The van der Waals surface area contributed by atoms with Gasteiger partial charge in [0.05, 0.1) is 12.6 Å². The lowest BCUT2D eigenvalue weighted by atomic mass is 10.2. The number of rotatable bonds is 6. The largest absolute Gasteiger partial charge is 0.490 e. The third-order valence-corrected chi connectivity index (χ3v) is 3.76. The number of benzene rings is 1. The topological polar surface area (TPSA) is 69.0 Å². The average Bonchev–Trinajstić information content (AvgIpc) is 3.19. The minimum atomic E-state index is -0.0477. The van der Waals surface area contributed by atoms with Gasteiger partial charge in [0.1, 0.15) is 18.4 Å². The van der Waals surface area contributed by atoms with Crippen LogP contribution in [-0.2, 0) is 11.3 Å². The first-order valence-corrected chi connectivity index (χ1v) is 7.68. The number of aryl methyl sites for hydroxylation is 1. The van der Waals surface area contributed by atoms with Crippen LogP contribution in [0.15, 0.2) is 36.9 Å². The molecule has 1 saturated carbocycles. The maximum absolute atomic E-state index is 12.0. The van der Waals surface area contributed by atoms with Crippen molar-refractivity contribution in [3.8, 4) is 5.75 Å². The number of ether oxygens (including phenoxy) is 1. The van der Waals surface area contributed by atoms with Crippen LogP contribution in [0.1, 0.15) is 32.1 Å². The Morgan fingerprint density at radius 1 is 1.36 bits per heavy atom. The summed E-state index contributed by atoms with van der Waals surface area (Å²) in [4.78, 5) is 15.8. The molecule has 0 atom stereocenters. The molecule has 1 aliphatic rings. The lowest BCUT2D eigenvalue weighted by Gasteiger charge is -2.14. The molecule has 0 unspecified atom stereocenters. The summed E-state index contributed by atoms with van der Waals surface area (Å²) in [5, 5.41) is 6.86. The fourth-order valence-corrected chi connectivity index (χ4v) is 2.63. The Morgan fingerprint density at radius 2 is 2.23 bits per heavy atom. The maximum Gasteiger partial charge on any atom is 0.226 e. The Kier molecular flexibility index (Phi) is 4.68. The summed E-state index contributed by atoms with van der Waals surface area (Å²) < 4.78 is 7.58. The van der Waals surface area contributed by atoms with Gasteiger partial charge in [0.15, 0.2) is 0 Å². The quantitative estimate of drug-likeness (QED) is 0.890. The van der Waals surface area contributed by atoms with E-state index in [-0.39, 0.29) is 5.91 Å². The highest BCUT2D eigenvalue weighted by Crippen LogP contribution is 2.25. The molecule has 2 aromatic rings. The number of nitrogens with zero attached hydrogens (tertiary/aromatic N) is 3. The SMILES string of the molecule is O=C(CCn1cncn1)Nc1cccc(OC2CCCC2)c1. The molecule has 0 radical (unpaired) electrons. The molecule has 1 heterocycles. The van der Waals surface area contributed by atoms with Crippen LogP contribution in [0.25, 0.3) is 0 Å². The van der Waals surface area contributed by atoms with Gasteiger partial charge in [-0.15, -0.1) is 0 Å². The Morgan fingerprint density at radius 3 is 3.00 bits per heavy atom. The molecule has 6 nitrogen and oxygen atoms in total. The molecule has 0 saturated heterocycles.